The van der Waals surface area contributed by atoms with E-state index >= 15 is 0 Å². The van der Waals surface area contributed by atoms with Crippen molar-refractivity contribution in [3.63, 3.8) is 0 Å². The van der Waals surface area contributed by atoms with Gasteiger partial charge in [0.15, 0.2) is 0 Å². The zero-order valence-electron chi connectivity index (χ0n) is 12.7. The highest BCUT2D eigenvalue weighted by Crippen LogP contribution is 2.28. The second kappa shape index (κ2) is 6.90. The average molecular weight is 311 g/mol. The van der Waals surface area contributed by atoms with Crippen LogP contribution in [0.3, 0.4) is 0 Å². The van der Waals surface area contributed by atoms with Crippen molar-refractivity contribution in [1.29, 1.82) is 0 Å². The Morgan fingerprint density at radius 3 is 2.43 bits per heavy atom. The summed E-state index contributed by atoms with van der Waals surface area (Å²) in [6.07, 6.45) is 4.73. The van der Waals surface area contributed by atoms with Crippen LogP contribution in [0.1, 0.15) is 57.6 Å². The molecule has 2 N–H and O–H groups in total. The number of aliphatic hydroxyl groups is 1. The molecule has 0 radical (unpaired) electrons. The highest BCUT2D eigenvalue weighted by atomic mass is 32.2. The van der Waals surface area contributed by atoms with Gasteiger partial charge in [0.1, 0.15) is 0 Å². The highest BCUT2D eigenvalue weighted by molar-refractivity contribution is 7.89. The molecule has 1 aromatic rings. The molecule has 0 amide bonds. The lowest BCUT2D eigenvalue weighted by molar-refractivity contribution is 0.199. The van der Waals surface area contributed by atoms with Crippen molar-refractivity contribution in [3.05, 3.63) is 29.8 Å². The molecule has 1 aliphatic carbocycles. The first-order valence-corrected chi connectivity index (χ1v) is 9.22. The van der Waals surface area contributed by atoms with Gasteiger partial charge in [0, 0.05) is 6.04 Å². The first-order valence-electron chi connectivity index (χ1n) is 7.74. The summed E-state index contributed by atoms with van der Waals surface area (Å²) >= 11 is 0. The van der Waals surface area contributed by atoms with Crippen LogP contribution >= 0.6 is 0 Å². The summed E-state index contributed by atoms with van der Waals surface area (Å²) in [7, 11) is -3.48. The largest absolute Gasteiger partial charge is 0.389 e. The summed E-state index contributed by atoms with van der Waals surface area (Å²) in [5.74, 6) is 0.435. The number of hydrogen-bond acceptors (Lipinski definition) is 3. The van der Waals surface area contributed by atoms with Gasteiger partial charge in [0.25, 0.3) is 0 Å². The van der Waals surface area contributed by atoms with E-state index in [4.69, 9.17) is 0 Å². The van der Waals surface area contributed by atoms with Crippen LogP contribution in [0.2, 0.25) is 0 Å². The van der Waals surface area contributed by atoms with Gasteiger partial charge in [-0.25, -0.2) is 13.1 Å². The van der Waals surface area contributed by atoms with E-state index in [1.54, 1.807) is 31.2 Å². The molecule has 0 spiro atoms. The van der Waals surface area contributed by atoms with Gasteiger partial charge in [0.05, 0.1) is 11.0 Å². The third-order valence-corrected chi connectivity index (χ3v) is 5.92. The van der Waals surface area contributed by atoms with E-state index in [0.29, 0.717) is 5.92 Å². The van der Waals surface area contributed by atoms with E-state index in [2.05, 4.69) is 11.6 Å². The molecule has 3 unspecified atom stereocenters. The number of rotatable bonds is 5. The molecule has 0 heterocycles. The summed E-state index contributed by atoms with van der Waals surface area (Å²) in [6.45, 7) is 3.78. The van der Waals surface area contributed by atoms with Crippen LogP contribution in [-0.2, 0) is 10.0 Å². The first kappa shape index (κ1) is 16.5. The van der Waals surface area contributed by atoms with Crippen LogP contribution in [0.25, 0.3) is 0 Å². The fraction of sp³-hybridized carbons (Fsp3) is 0.625. The van der Waals surface area contributed by atoms with Gasteiger partial charge in [-0.15, -0.1) is 0 Å². The van der Waals surface area contributed by atoms with Gasteiger partial charge in [0.2, 0.25) is 10.0 Å². The summed E-state index contributed by atoms with van der Waals surface area (Å²) in [4.78, 5) is 0.271. The molecule has 21 heavy (non-hydrogen) atoms. The van der Waals surface area contributed by atoms with Gasteiger partial charge in [-0.2, -0.15) is 0 Å². The van der Waals surface area contributed by atoms with Crippen molar-refractivity contribution in [2.45, 2.75) is 63.0 Å². The minimum Gasteiger partial charge on any atom is -0.389 e. The van der Waals surface area contributed by atoms with Crippen molar-refractivity contribution in [2.75, 3.05) is 0 Å². The van der Waals surface area contributed by atoms with E-state index in [0.717, 1.165) is 31.2 Å². The standard InChI is InChI=1S/C16H25NO3S/c1-3-13-6-4-5-7-16(13)17-21(19,20)15-10-8-14(9-11-15)12(2)18/h8-13,16-18H,3-7H2,1-2H3. The van der Waals surface area contributed by atoms with Crippen molar-refractivity contribution in [1.82, 2.24) is 4.72 Å². The number of hydrogen-bond donors (Lipinski definition) is 2. The normalized spacial score (nSPS) is 24.7. The maximum absolute atomic E-state index is 12.5. The summed E-state index contributed by atoms with van der Waals surface area (Å²) in [5.41, 5.74) is 0.720. The van der Waals surface area contributed by atoms with Crippen LogP contribution in [0.15, 0.2) is 29.2 Å². The van der Waals surface area contributed by atoms with Crippen molar-refractivity contribution < 1.29 is 13.5 Å². The van der Waals surface area contributed by atoms with Crippen LogP contribution in [0.5, 0.6) is 0 Å². The molecule has 5 heteroatoms. The molecule has 1 fully saturated rings. The molecule has 1 aliphatic rings. The lowest BCUT2D eigenvalue weighted by Crippen LogP contribution is -2.41. The second-order valence-corrected chi connectivity index (χ2v) is 7.64. The molecular formula is C16H25NO3S. The Balaban J connectivity index is 2.13. The SMILES string of the molecule is CCC1CCCCC1NS(=O)(=O)c1ccc(C(C)O)cc1. The molecule has 4 nitrogen and oxygen atoms in total. The quantitative estimate of drug-likeness (QED) is 0.878. The predicted octanol–water partition coefficient (Wildman–Crippen LogP) is 2.99. The summed E-state index contributed by atoms with van der Waals surface area (Å²) < 4.78 is 27.8. The highest BCUT2D eigenvalue weighted by Gasteiger charge is 2.28. The fourth-order valence-electron chi connectivity index (χ4n) is 3.04. The van der Waals surface area contributed by atoms with Crippen LogP contribution in [0, 0.1) is 5.92 Å². The number of nitrogens with one attached hydrogen (secondary N) is 1. The molecule has 1 aromatic carbocycles. The van der Waals surface area contributed by atoms with Gasteiger partial charge >= 0.3 is 0 Å². The van der Waals surface area contributed by atoms with Gasteiger partial charge < -0.3 is 5.11 Å². The molecule has 118 valence electrons. The molecule has 0 aromatic heterocycles. The van der Waals surface area contributed by atoms with Crippen LogP contribution < -0.4 is 4.72 Å². The third kappa shape index (κ3) is 4.05. The molecule has 0 saturated heterocycles. The van der Waals surface area contributed by atoms with E-state index in [1.165, 1.54) is 6.42 Å². The second-order valence-electron chi connectivity index (χ2n) is 5.93. The smallest absolute Gasteiger partial charge is 0.240 e. The van der Waals surface area contributed by atoms with E-state index in [1.807, 2.05) is 0 Å². The molecule has 2 rings (SSSR count). The van der Waals surface area contributed by atoms with Gasteiger partial charge in [-0.05, 0) is 43.4 Å². The topological polar surface area (TPSA) is 66.4 Å². The Labute approximate surface area is 127 Å². The first-order chi connectivity index (χ1) is 9.94. The monoisotopic (exact) mass is 311 g/mol. The zero-order chi connectivity index (χ0) is 15.5. The Morgan fingerprint density at radius 1 is 1.24 bits per heavy atom. The molecule has 0 bridgehead atoms. The minimum absolute atomic E-state index is 0.0465. The Bertz CT molecular complexity index is 551. The summed E-state index contributed by atoms with van der Waals surface area (Å²) in [5, 5.41) is 9.48. The Kier molecular flexibility index (Phi) is 5.41. The lowest BCUT2D eigenvalue weighted by atomic mass is 9.83. The van der Waals surface area contributed by atoms with E-state index in [-0.39, 0.29) is 10.9 Å². The predicted molar refractivity (Wildman–Crippen MR) is 83.4 cm³/mol. The molecular weight excluding hydrogens is 286 g/mol. The van der Waals surface area contributed by atoms with Crippen LogP contribution in [0.4, 0.5) is 0 Å². The van der Waals surface area contributed by atoms with Gasteiger partial charge in [-0.1, -0.05) is 38.3 Å². The van der Waals surface area contributed by atoms with E-state index < -0.39 is 16.1 Å². The van der Waals surface area contributed by atoms with Crippen molar-refractivity contribution in [3.8, 4) is 0 Å². The molecule has 3 atom stereocenters. The molecule has 1 saturated carbocycles. The number of sulfonamides is 1. The van der Waals surface area contributed by atoms with Gasteiger partial charge in [-0.3, -0.25) is 0 Å². The van der Waals surface area contributed by atoms with E-state index in [9.17, 15) is 13.5 Å². The van der Waals surface area contributed by atoms with Crippen molar-refractivity contribution >= 4 is 10.0 Å². The Hall–Kier alpha value is -0.910. The Morgan fingerprint density at radius 2 is 1.86 bits per heavy atom. The maximum Gasteiger partial charge on any atom is 0.240 e. The average Bonchev–Trinajstić information content (AvgIpc) is 2.47. The third-order valence-electron chi connectivity index (χ3n) is 4.41. The lowest BCUT2D eigenvalue weighted by Gasteiger charge is -2.31. The maximum atomic E-state index is 12.5. The summed E-state index contributed by atoms with van der Waals surface area (Å²) in [6, 6.07) is 6.50. The molecule has 0 aliphatic heterocycles. The van der Waals surface area contributed by atoms with Crippen molar-refractivity contribution in [2.24, 2.45) is 5.92 Å². The van der Waals surface area contributed by atoms with Crippen LogP contribution in [-0.4, -0.2) is 19.6 Å². The fourth-order valence-corrected chi connectivity index (χ4v) is 4.38. The number of benzene rings is 1. The zero-order valence-corrected chi connectivity index (χ0v) is 13.6. The minimum atomic E-state index is -3.48. The number of aliphatic hydroxyl groups excluding tert-OH is 1.